The number of hydrogen-bond donors (Lipinski definition) is 0. The Morgan fingerprint density at radius 3 is 2.35 bits per heavy atom. The second kappa shape index (κ2) is 5.44. The van der Waals surface area contributed by atoms with Crippen molar-refractivity contribution in [2.45, 2.75) is 19.8 Å². The summed E-state index contributed by atoms with van der Waals surface area (Å²) in [4.78, 5) is 11.6. The van der Waals surface area contributed by atoms with Crippen molar-refractivity contribution in [2.75, 3.05) is 0 Å². The minimum Gasteiger partial charge on any atom is -0.294 e. The molecule has 0 unspecified atom stereocenters. The van der Waals surface area contributed by atoms with E-state index in [9.17, 15) is 4.79 Å². The first-order chi connectivity index (χ1) is 8.29. The Labute approximate surface area is 102 Å². The third kappa shape index (κ3) is 3.04. The first-order valence-corrected chi connectivity index (χ1v) is 5.95. The monoisotopic (exact) mass is 224 g/mol. The zero-order chi connectivity index (χ0) is 12.1. The van der Waals surface area contributed by atoms with E-state index in [1.54, 1.807) is 0 Å². The maximum atomic E-state index is 11.6. The summed E-state index contributed by atoms with van der Waals surface area (Å²) in [6.07, 6.45) is 1.44. The van der Waals surface area contributed by atoms with E-state index in [0.29, 0.717) is 6.42 Å². The molecule has 0 aliphatic carbocycles. The molecule has 0 heterocycles. The van der Waals surface area contributed by atoms with E-state index in [1.807, 2.05) is 43.3 Å². The zero-order valence-corrected chi connectivity index (χ0v) is 10.0. The van der Waals surface area contributed by atoms with E-state index in [4.69, 9.17) is 0 Å². The lowest BCUT2D eigenvalue weighted by atomic mass is 10.0. The van der Waals surface area contributed by atoms with Crippen LogP contribution in [0.1, 0.15) is 34.8 Å². The van der Waals surface area contributed by atoms with Gasteiger partial charge in [-0.25, -0.2) is 0 Å². The highest BCUT2D eigenvalue weighted by Gasteiger charge is 2.03. The molecule has 1 nitrogen and oxygen atoms in total. The number of ketones is 1. The number of carbonyl (C=O) groups is 1. The highest BCUT2D eigenvalue weighted by Crippen LogP contribution is 2.12. The van der Waals surface area contributed by atoms with Gasteiger partial charge in [-0.2, -0.15) is 0 Å². The van der Waals surface area contributed by atoms with Gasteiger partial charge in [-0.15, -0.1) is 0 Å². The molecule has 0 radical (unpaired) electrons. The molecule has 0 saturated heterocycles. The Bertz CT molecular complexity index is 500. The Morgan fingerprint density at radius 2 is 1.65 bits per heavy atom. The highest BCUT2D eigenvalue weighted by molar-refractivity contribution is 5.95. The molecule has 0 aliphatic rings. The largest absolute Gasteiger partial charge is 0.294 e. The molecule has 2 rings (SSSR count). The SMILES string of the molecule is CCC(=O)c1cccc(Cc2ccccc2)c1. The number of rotatable bonds is 4. The maximum absolute atomic E-state index is 11.6. The highest BCUT2D eigenvalue weighted by atomic mass is 16.1. The third-order valence-electron chi connectivity index (χ3n) is 2.82. The van der Waals surface area contributed by atoms with Crippen molar-refractivity contribution < 1.29 is 4.79 Å². The first-order valence-electron chi connectivity index (χ1n) is 5.95. The standard InChI is InChI=1S/C16H16O/c1-2-16(17)15-10-6-9-14(12-15)11-13-7-4-3-5-8-13/h3-10,12H,2,11H2,1H3. The molecule has 0 fully saturated rings. The van der Waals surface area contributed by atoms with Crippen LogP contribution in [-0.2, 0) is 6.42 Å². The lowest BCUT2D eigenvalue weighted by Gasteiger charge is -2.04. The third-order valence-corrected chi connectivity index (χ3v) is 2.82. The lowest BCUT2D eigenvalue weighted by Crippen LogP contribution is -1.98. The first kappa shape index (κ1) is 11.6. The molecule has 0 amide bonds. The Hall–Kier alpha value is -1.89. The van der Waals surface area contributed by atoms with Crippen molar-refractivity contribution in [3.63, 3.8) is 0 Å². The molecule has 0 aliphatic heterocycles. The summed E-state index contributed by atoms with van der Waals surface area (Å²) in [6.45, 7) is 1.90. The fourth-order valence-corrected chi connectivity index (χ4v) is 1.89. The van der Waals surface area contributed by atoms with Gasteiger partial charge in [-0.1, -0.05) is 55.5 Å². The van der Waals surface area contributed by atoms with Crippen LogP contribution in [0.4, 0.5) is 0 Å². The summed E-state index contributed by atoms with van der Waals surface area (Å²) in [6, 6.07) is 18.2. The van der Waals surface area contributed by atoms with Gasteiger partial charge in [0.1, 0.15) is 0 Å². The van der Waals surface area contributed by atoms with E-state index in [-0.39, 0.29) is 5.78 Å². The lowest BCUT2D eigenvalue weighted by molar-refractivity contribution is 0.0988. The fourth-order valence-electron chi connectivity index (χ4n) is 1.89. The molecular weight excluding hydrogens is 208 g/mol. The quantitative estimate of drug-likeness (QED) is 0.720. The van der Waals surface area contributed by atoms with Crippen molar-refractivity contribution in [1.29, 1.82) is 0 Å². The maximum Gasteiger partial charge on any atom is 0.162 e. The molecule has 0 aromatic heterocycles. The van der Waals surface area contributed by atoms with E-state index < -0.39 is 0 Å². The van der Waals surface area contributed by atoms with E-state index in [2.05, 4.69) is 18.2 Å². The average molecular weight is 224 g/mol. The number of hydrogen-bond acceptors (Lipinski definition) is 1. The second-order valence-corrected chi connectivity index (χ2v) is 4.14. The zero-order valence-electron chi connectivity index (χ0n) is 10.0. The molecule has 2 aromatic carbocycles. The van der Waals surface area contributed by atoms with Crippen LogP contribution in [0.3, 0.4) is 0 Å². The minimum absolute atomic E-state index is 0.208. The van der Waals surface area contributed by atoms with Crippen LogP contribution < -0.4 is 0 Å². The van der Waals surface area contributed by atoms with Gasteiger partial charge >= 0.3 is 0 Å². The normalized spacial score (nSPS) is 10.2. The summed E-state index contributed by atoms with van der Waals surface area (Å²) >= 11 is 0. The summed E-state index contributed by atoms with van der Waals surface area (Å²) in [7, 11) is 0. The van der Waals surface area contributed by atoms with Crippen molar-refractivity contribution in [1.82, 2.24) is 0 Å². The molecule has 0 saturated carbocycles. The van der Waals surface area contributed by atoms with Gasteiger partial charge in [0.05, 0.1) is 0 Å². The van der Waals surface area contributed by atoms with Crippen molar-refractivity contribution in [3.05, 3.63) is 71.3 Å². The molecule has 0 spiro atoms. The van der Waals surface area contributed by atoms with E-state index in [0.717, 1.165) is 12.0 Å². The van der Waals surface area contributed by atoms with Gasteiger partial charge in [0, 0.05) is 12.0 Å². The minimum atomic E-state index is 0.208. The molecule has 1 heteroatoms. The average Bonchev–Trinajstić information content (AvgIpc) is 2.39. The summed E-state index contributed by atoms with van der Waals surface area (Å²) in [5.74, 6) is 0.208. The predicted molar refractivity (Wildman–Crippen MR) is 70.3 cm³/mol. The Balaban J connectivity index is 2.20. The predicted octanol–water partition coefficient (Wildman–Crippen LogP) is 3.87. The number of benzene rings is 2. The molecule has 0 N–H and O–H groups in total. The van der Waals surface area contributed by atoms with E-state index >= 15 is 0 Å². The van der Waals surface area contributed by atoms with Crippen molar-refractivity contribution in [3.8, 4) is 0 Å². The van der Waals surface area contributed by atoms with Crippen molar-refractivity contribution >= 4 is 5.78 Å². The Morgan fingerprint density at radius 1 is 0.941 bits per heavy atom. The van der Waals surface area contributed by atoms with Crippen LogP contribution in [0.2, 0.25) is 0 Å². The van der Waals surface area contributed by atoms with Crippen LogP contribution in [0, 0.1) is 0 Å². The smallest absolute Gasteiger partial charge is 0.162 e. The molecule has 17 heavy (non-hydrogen) atoms. The van der Waals surface area contributed by atoms with Gasteiger partial charge in [0.15, 0.2) is 5.78 Å². The molecule has 86 valence electrons. The van der Waals surface area contributed by atoms with E-state index in [1.165, 1.54) is 11.1 Å². The van der Waals surface area contributed by atoms with Gasteiger partial charge in [0.25, 0.3) is 0 Å². The Kier molecular flexibility index (Phi) is 3.71. The molecule has 0 bridgehead atoms. The number of Topliss-reactive ketones (excluding diaryl/α,β-unsaturated/α-hetero) is 1. The second-order valence-electron chi connectivity index (χ2n) is 4.14. The summed E-state index contributed by atoms with van der Waals surface area (Å²) in [5, 5.41) is 0. The summed E-state index contributed by atoms with van der Waals surface area (Å²) < 4.78 is 0. The van der Waals surface area contributed by atoms with Gasteiger partial charge in [-0.3, -0.25) is 4.79 Å². The van der Waals surface area contributed by atoms with Crippen LogP contribution in [0.5, 0.6) is 0 Å². The summed E-state index contributed by atoms with van der Waals surface area (Å²) in [5.41, 5.74) is 3.28. The van der Waals surface area contributed by atoms with Crippen LogP contribution in [0.15, 0.2) is 54.6 Å². The van der Waals surface area contributed by atoms with Gasteiger partial charge < -0.3 is 0 Å². The number of carbonyl (C=O) groups excluding carboxylic acids is 1. The van der Waals surface area contributed by atoms with Crippen LogP contribution in [0.25, 0.3) is 0 Å². The fraction of sp³-hybridized carbons (Fsp3) is 0.188. The van der Waals surface area contributed by atoms with Gasteiger partial charge in [0.2, 0.25) is 0 Å². The van der Waals surface area contributed by atoms with Gasteiger partial charge in [-0.05, 0) is 23.6 Å². The van der Waals surface area contributed by atoms with Crippen LogP contribution >= 0.6 is 0 Å². The van der Waals surface area contributed by atoms with Crippen LogP contribution in [-0.4, -0.2) is 5.78 Å². The topological polar surface area (TPSA) is 17.1 Å². The molecule has 0 atom stereocenters. The van der Waals surface area contributed by atoms with Crippen molar-refractivity contribution in [2.24, 2.45) is 0 Å². The molecule has 2 aromatic rings. The molecular formula is C16H16O.